The van der Waals surface area contributed by atoms with Crippen molar-refractivity contribution >= 4 is 40.2 Å². The monoisotopic (exact) mass is 412 g/mol. The van der Waals surface area contributed by atoms with Crippen molar-refractivity contribution in [2.75, 3.05) is 6.54 Å². The number of H-pyrrole nitrogens is 1. The summed E-state index contributed by atoms with van der Waals surface area (Å²) in [5.74, 6) is -1.13. The zero-order valence-electron chi connectivity index (χ0n) is 16.1. The van der Waals surface area contributed by atoms with Crippen LogP contribution in [0.25, 0.3) is 10.9 Å². The number of aromatic amines is 1. The highest BCUT2D eigenvalue weighted by atomic mass is 35.5. The second-order valence-corrected chi connectivity index (χ2v) is 7.12. The normalized spacial score (nSPS) is 11.8. The minimum Gasteiger partial charge on any atom is -0.454 e. The van der Waals surface area contributed by atoms with Gasteiger partial charge in [0.1, 0.15) is 0 Å². The average Bonchev–Trinajstić information content (AvgIpc) is 3.03. The molecule has 6 nitrogen and oxygen atoms in total. The minimum atomic E-state index is -0.924. The van der Waals surface area contributed by atoms with Crippen LogP contribution >= 0.6 is 11.6 Å². The van der Waals surface area contributed by atoms with Gasteiger partial charge in [-0.1, -0.05) is 29.8 Å². The van der Waals surface area contributed by atoms with E-state index in [9.17, 15) is 14.4 Å². The number of amides is 1. The molecule has 1 atom stereocenters. The summed E-state index contributed by atoms with van der Waals surface area (Å²) < 4.78 is 5.27. The Hall–Kier alpha value is -3.12. The lowest BCUT2D eigenvalue weighted by atomic mass is 10.0. The molecular formula is C22H21ClN2O4. The van der Waals surface area contributed by atoms with E-state index < -0.39 is 12.1 Å². The van der Waals surface area contributed by atoms with E-state index in [1.807, 2.05) is 31.2 Å². The van der Waals surface area contributed by atoms with Crippen LogP contribution in [-0.2, 0) is 9.53 Å². The van der Waals surface area contributed by atoms with Gasteiger partial charge in [-0.3, -0.25) is 14.4 Å². The molecule has 29 heavy (non-hydrogen) atoms. The summed E-state index contributed by atoms with van der Waals surface area (Å²) >= 11 is 5.79. The fourth-order valence-corrected chi connectivity index (χ4v) is 3.21. The number of aromatic nitrogens is 1. The van der Waals surface area contributed by atoms with Gasteiger partial charge in [0.2, 0.25) is 5.78 Å². The number of Topliss-reactive ketones (excluding diaryl/α,β-unsaturated/α-hetero) is 1. The molecule has 2 aromatic carbocycles. The Kier molecular flexibility index (Phi) is 6.34. The number of fused-ring (bicyclic) bond motifs is 1. The summed E-state index contributed by atoms with van der Waals surface area (Å²) in [7, 11) is 0. The van der Waals surface area contributed by atoms with Crippen molar-refractivity contribution in [3.05, 3.63) is 70.4 Å². The molecule has 1 heterocycles. The molecule has 2 N–H and O–H groups in total. The summed E-state index contributed by atoms with van der Waals surface area (Å²) in [4.78, 5) is 40.1. The third-order valence-corrected chi connectivity index (χ3v) is 4.79. The first-order valence-corrected chi connectivity index (χ1v) is 9.59. The largest absolute Gasteiger partial charge is 0.454 e. The van der Waals surface area contributed by atoms with Crippen molar-refractivity contribution in [1.29, 1.82) is 0 Å². The SMILES string of the molecule is Cc1[nH]c2ccccc2c1C(=O)[C@H](C)OC(=O)CCNC(=O)c1ccc(Cl)cc1. The maximum absolute atomic E-state index is 12.8. The lowest BCUT2D eigenvalue weighted by Crippen LogP contribution is -2.29. The van der Waals surface area contributed by atoms with E-state index in [1.165, 1.54) is 0 Å². The molecule has 0 aliphatic rings. The first-order valence-electron chi connectivity index (χ1n) is 9.21. The number of hydrogen-bond donors (Lipinski definition) is 2. The quantitative estimate of drug-likeness (QED) is 0.452. The molecule has 0 aliphatic carbocycles. The highest BCUT2D eigenvalue weighted by molar-refractivity contribution is 6.30. The smallest absolute Gasteiger partial charge is 0.308 e. The summed E-state index contributed by atoms with van der Waals surface area (Å²) in [6.07, 6.45) is -0.962. The number of nitrogens with one attached hydrogen (secondary N) is 2. The standard InChI is InChI=1S/C22H21ClN2O4/c1-13-20(17-5-3-4-6-18(17)25-13)21(27)14(2)29-19(26)11-12-24-22(28)15-7-9-16(23)10-8-15/h3-10,14,25H,11-12H2,1-2H3,(H,24,28)/t14-/m0/s1. The van der Waals surface area contributed by atoms with Crippen molar-refractivity contribution in [3.8, 4) is 0 Å². The lowest BCUT2D eigenvalue weighted by molar-refractivity contribution is -0.146. The van der Waals surface area contributed by atoms with Crippen molar-refractivity contribution < 1.29 is 19.1 Å². The Morgan fingerprint density at radius 1 is 1.10 bits per heavy atom. The topological polar surface area (TPSA) is 88.3 Å². The molecule has 3 rings (SSSR count). The van der Waals surface area contributed by atoms with Crippen LogP contribution in [0.1, 0.15) is 39.8 Å². The van der Waals surface area contributed by atoms with Gasteiger partial charge in [0.05, 0.1) is 6.42 Å². The van der Waals surface area contributed by atoms with Crippen molar-refractivity contribution in [2.24, 2.45) is 0 Å². The zero-order valence-corrected chi connectivity index (χ0v) is 16.9. The molecule has 150 valence electrons. The highest BCUT2D eigenvalue weighted by Gasteiger charge is 2.24. The van der Waals surface area contributed by atoms with Gasteiger partial charge in [-0.2, -0.15) is 0 Å². The van der Waals surface area contributed by atoms with E-state index in [1.54, 1.807) is 31.2 Å². The maximum atomic E-state index is 12.8. The molecule has 7 heteroatoms. The van der Waals surface area contributed by atoms with E-state index >= 15 is 0 Å². The first-order chi connectivity index (χ1) is 13.9. The van der Waals surface area contributed by atoms with Crippen LogP contribution in [0.5, 0.6) is 0 Å². The summed E-state index contributed by atoms with van der Waals surface area (Å²) in [5, 5.41) is 3.98. The Labute approximate surface area is 173 Å². The number of benzene rings is 2. The highest BCUT2D eigenvalue weighted by Crippen LogP contribution is 2.23. The summed E-state index contributed by atoms with van der Waals surface area (Å²) in [6, 6.07) is 13.9. The molecule has 1 amide bonds. The van der Waals surface area contributed by atoms with Gasteiger partial charge < -0.3 is 15.0 Å². The summed E-state index contributed by atoms with van der Waals surface area (Å²) in [5.41, 5.74) is 2.56. The van der Waals surface area contributed by atoms with Crippen LogP contribution < -0.4 is 5.32 Å². The number of hydrogen-bond acceptors (Lipinski definition) is 4. The van der Waals surface area contributed by atoms with Crippen LogP contribution in [0.2, 0.25) is 5.02 Å². The number of carbonyl (C=O) groups is 3. The minimum absolute atomic E-state index is 0.0379. The number of esters is 1. The van der Waals surface area contributed by atoms with Crippen LogP contribution in [0.3, 0.4) is 0 Å². The molecule has 1 aromatic heterocycles. The van der Waals surface area contributed by atoms with Crippen LogP contribution in [0.4, 0.5) is 0 Å². The molecule has 0 unspecified atom stereocenters. The number of ketones is 1. The summed E-state index contributed by atoms with van der Waals surface area (Å²) in [6.45, 7) is 3.47. The Bertz CT molecular complexity index is 1060. The Morgan fingerprint density at radius 2 is 1.79 bits per heavy atom. The predicted molar refractivity (Wildman–Crippen MR) is 111 cm³/mol. The van der Waals surface area contributed by atoms with Gasteiger partial charge in [0.25, 0.3) is 5.91 Å². The molecule has 0 bridgehead atoms. The van der Waals surface area contributed by atoms with Gasteiger partial charge in [0, 0.05) is 39.3 Å². The number of rotatable bonds is 7. The number of aryl methyl sites for hydroxylation is 1. The molecule has 0 aliphatic heterocycles. The predicted octanol–water partition coefficient (Wildman–Crippen LogP) is 4.06. The van der Waals surface area contributed by atoms with E-state index in [-0.39, 0.29) is 24.7 Å². The molecule has 0 saturated carbocycles. The molecule has 0 fully saturated rings. The van der Waals surface area contributed by atoms with Gasteiger partial charge in [0.15, 0.2) is 6.10 Å². The molecule has 0 spiro atoms. The fraction of sp³-hybridized carbons (Fsp3) is 0.227. The second-order valence-electron chi connectivity index (χ2n) is 6.68. The van der Waals surface area contributed by atoms with E-state index in [4.69, 9.17) is 16.3 Å². The Balaban J connectivity index is 1.53. The number of carbonyl (C=O) groups excluding carboxylic acids is 3. The van der Waals surface area contributed by atoms with Crippen LogP contribution in [0.15, 0.2) is 48.5 Å². The van der Waals surface area contributed by atoms with Crippen LogP contribution in [0, 0.1) is 6.92 Å². The third-order valence-electron chi connectivity index (χ3n) is 4.54. The van der Waals surface area contributed by atoms with Crippen molar-refractivity contribution in [2.45, 2.75) is 26.4 Å². The van der Waals surface area contributed by atoms with Gasteiger partial charge in [-0.25, -0.2) is 0 Å². The first kappa shape index (κ1) is 20.6. The zero-order chi connectivity index (χ0) is 21.0. The number of halogens is 1. The van der Waals surface area contributed by atoms with Gasteiger partial charge in [-0.05, 0) is 44.2 Å². The second kappa shape index (κ2) is 8.92. The van der Waals surface area contributed by atoms with Gasteiger partial charge >= 0.3 is 5.97 Å². The lowest BCUT2D eigenvalue weighted by Gasteiger charge is -2.13. The van der Waals surface area contributed by atoms with E-state index in [0.29, 0.717) is 16.1 Å². The van der Waals surface area contributed by atoms with Gasteiger partial charge in [-0.15, -0.1) is 0 Å². The number of para-hydroxylation sites is 1. The molecule has 3 aromatic rings. The maximum Gasteiger partial charge on any atom is 0.308 e. The van der Waals surface area contributed by atoms with Crippen molar-refractivity contribution in [3.63, 3.8) is 0 Å². The molecule has 0 saturated heterocycles. The van der Waals surface area contributed by atoms with Crippen LogP contribution in [-0.4, -0.2) is 35.3 Å². The Morgan fingerprint density at radius 3 is 2.52 bits per heavy atom. The molecule has 0 radical (unpaired) electrons. The third kappa shape index (κ3) is 4.84. The average molecular weight is 413 g/mol. The fourth-order valence-electron chi connectivity index (χ4n) is 3.09. The molecular weight excluding hydrogens is 392 g/mol. The van der Waals surface area contributed by atoms with E-state index in [0.717, 1.165) is 16.6 Å². The van der Waals surface area contributed by atoms with E-state index in [2.05, 4.69) is 10.3 Å². The number of ether oxygens (including phenoxy) is 1. The van der Waals surface area contributed by atoms with Crippen molar-refractivity contribution in [1.82, 2.24) is 10.3 Å².